The lowest BCUT2D eigenvalue weighted by atomic mass is 9.41. The fraction of sp³-hybridized carbons (Fsp3) is 0.964. The summed E-state index contributed by atoms with van der Waals surface area (Å²) in [6.45, 7) is 11.4. The van der Waals surface area contributed by atoms with Gasteiger partial charge in [0.2, 0.25) is 5.91 Å². The zero-order chi connectivity index (χ0) is 24.2. The van der Waals surface area contributed by atoms with Crippen molar-refractivity contribution in [2.24, 2.45) is 44.8 Å². The predicted molar refractivity (Wildman–Crippen MR) is 130 cm³/mol. The summed E-state index contributed by atoms with van der Waals surface area (Å²) in [7, 11) is 4.32. The Kier molecular flexibility index (Phi) is 5.25. The van der Waals surface area contributed by atoms with Gasteiger partial charge in [-0.2, -0.15) is 0 Å². The van der Waals surface area contributed by atoms with Gasteiger partial charge in [-0.3, -0.25) is 4.79 Å². The van der Waals surface area contributed by atoms with Crippen LogP contribution < -0.4 is 5.32 Å². The Morgan fingerprint density at radius 3 is 2.27 bits per heavy atom. The Balaban J connectivity index is 1.49. The minimum Gasteiger partial charge on any atom is -0.396 e. The van der Waals surface area contributed by atoms with Crippen LogP contribution in [-0.4, -0.2) is 59.9 Å². The van der Waals surface area contributed by atoms with Gasteiger partial charge in [-0.1, -0.05) is 20.8 Å². The Morgan fingerprint density at radius 2 is 1.67 bits per heavy atom. The first-order chi connectivity index (χ1) is 15.3. The molecule has 0 aromatic carbocycles. The minimum absolute atomic E-state index is 0.0248. The summed E-state index contributed by atoms with van der Waals surface area (Å²) in [6.07, 6.45) is 9.01. The molecule has 5 fully saturated rings. The number of rotatable bonds is 4. The molecule has 2 unspecified atom stereocenters. The third-order valence-electron chi connectivity index (χ3n) is 13.0. The van der Waals surface area contributed by atoms with Gasteiger partial charge in [-0.25, -0.2) is 0 Å². The lowest BCUT2D eigenvalue weighted by molar-refractivity contribution is -0.157. The summed E-state index contributed by atoms with van der Waals surface area (Å²) in [5.41, 5.74) is 0.784. The molecule has 188 valence electrons. The molecule has 0 aromatic heterocycles. The summed E-state index contributed by atoms with van der Waals surface area (Å²) in [5, 5.41) is 25.3. The molecule has 5 nitrogen and oxygen atoms in total. The van der Waals surface area contributed by atoms with Crippen molar-refractivity contribution < 1.29 is 15.0 Å². The second-order valence-corrected chi connectivity index (χ2v) is 14.0. The molecule has 11 atom stereocenters. The summed E-state index contributed by atoms with van der Waals surface area (Å²) in [4.78, 5) is 14.2. The quantitative estimate of drug-likeness (QED) is 0.596. The molecule has 5 aliphatic rings. The monoisotopic (exact) mass is 460 g/mol. The molecule has 2 spiro atoms. The van der Waals surface area contributed by atoms with E-state index in [1.54, 1.807) is 6.92 Å². The van der Waals surface area contributed by atoms with Crippen LogP contribution in [0.5, 0.6) is 0 Å². The van der Waals surface area contributed by atoms with Crippen LogP contribution >= 0.6 is 0 Å². The van der Waals surface area contributed by atoms with Gasteiger partial charge in [-0.05, 0) is 106 Å². The second kappa shape index (κ2) is 7.20. The number of aliphatic hydroxyl groups excluding tert-OH is 2. The summed E-state index contributed by atoms with van der Waals surface area (Å²) in [6, 6.07) is 0.448. The number of aliphatic hydroxyl groups is 2. The average Bonchev–Trinajstić information content (AvgIpc) is 3.35. The van der Waals surface area contributed by atoms with Crippen molar-refractivity contribution in [3.63, 3.8) is 0 Å². The fourth-order valence-corrected chi connectivity index (χ4v) is 11.2. The van der Waals surface area contributed by atoms with Crippen molar-refractivity contribution in [1.82, 2.24) is 10.2 Å². The average molecular weight is 461 g/mol. The topological polar surface area (TPSA) is 72.8 Å². The van der Waals surface area contributed by atoms with E-state index in [4.69, 9.17) is 0 Å². The molecule has 0 saturated heterocycles. The van der Waals surface area contributed by atoms with E-state index in [0.717, 1.165) is 19.3 Å². The van der Waals surface area contributed by atoms with Crippen molar-refractivity contribution in [2.75, 3.05) is 20.7 Å². The molecule has 5 rings (SSSR count). The lowest BCUT2D eigenvalue weighted by Gasteiger charge is -2.63. The van der Waals surface area contributed by atoms with Gasteiger partial charge in [0.15, 0.2) is 0 Å². The smallest absolute Gasteiger partial charge is 0.217 e. The Bertz CT molecular complexity index is 832. The van der Waals surface area contributed by atoms with E-state index < -0.39 is 0 Å². The van der Waals surface area contributed by atoms with Gasteiger partial charge in [0.1, 0.15) is 0 Å². The number of amides is 1. The first-order valence-corrected chi connectivity index (χ1v) is 13.6. The Morgan fingerprint density at radius 1 is 1.03 bits per heavy atom. The highest BCUT2D eigenvalue weighted by Crippen LogP contribution is 2.88. The van der Waals surface area contributed by atoms with Crippen molar-refractivity contribution in [3.8, 4) is 0 Å². The molecular weight excluding hydrogens is 412 g/mol. The SMILES string of the molecule is CC(=O)N[C@H]1CC[C@]23C[C@]24CC[C@]2(C)[C@@H]([C@H](C)N(C)C)[C@H](O)C[C@@]2(C)C4CCC3[C@]1(C)CO. The number of nitrogens with zero attached hydrogens (tertiary/aromatic N) is 1. The third kappa shape index (κ3) is 2.74. The maximum atomic E-state index is 11.9. The van der Waals surface area contributed by atoms with Crippen molar-refractivity contribution >= 4 is 5.91 Å². The van der Waals surface area contributed by atoms with Crippen molar-refractivity contribution in [1.29, 1.82) is 0 Å². The summed E-state index contributed by atoms with van der Waals surface area (Å²) < 4.78 is 0. The largest absolute Gasteiger partial charge is 0.396 e. The van der Waals surface area contributed by atoms with E-state index >= 15 is 0 Å². The van der Waals surface area contributed by atoms with Crippen LogP contribution in [0.25, 0.3) is 0 Å². The van der Waals surface area contributed by atoms with Gasteiger partial charge in [0, 0.05) is 30.3 Å². The number of hydrogen-bond donors (Lipinski definition) is 3. The number of carbonyl (C=O) groups excluding carboxylic acids is 1. The van der Waals surface area contributed by atoms with Crippen LogP contribution in [0.15, 0.2) is 0 Å². The molecule has 5 heteroatoms. The maximum absolute atomic E-state index is 11.9. The molecule has 0 bridgehead atoms. The molecule has 0 heterocycles. The van der Waals surface area contributed by atoms with E-state index in [9.17, 15) is 15.0 Å². The molecule has 0 aliphatic heterocycles. The molecule has 0 radical (unpaired) electrons. The fourth-order valence-electron chi connectivity index (χ4n) is 11.2. The van der Waals surface area contributed by atoms with E-state index in [0.29, 0.717) is 34.6 Å². The highest BCUT2D eigenvalue weighted by atomic mass is 16.3. The minimum atomic E-state index is -0.239. The van der Waals surface area contributed by atoms with Crippen molar-refractivity contribution in [2.45, 2.75) is 104 Å². The van der Waals surface area contributed by atoms with Gasteiger partial charge in [-0.15, -0.1) is 0 Å². The Hall–Kier alpha value is -0.650. The molecule has 5 aliphatic carbocycles. The number of carbonyl (C=O) groups is 1. The van der Waals surface area contributed by atoms with E-state index in [-0.39, 0.29) is 40.9 Å². The number of hydrogen-bond acceptors (Lipinski definition) is 4. The molecule has 1 amide bonds. The highest BCUT2D eigenvalue weighted by molar-refractivity contribution is 5.73. The predicted octanol–water partition coefficient (Wildman–Crippen LogP) is 3.82. The van der Waals surface area contributed by atoms with Crippen LogP contribution in [0.1, 0.15) is 86.0 Å². The highest BCUT2D eigenvalue weighted by Gasteiger charge is 2.83. The van der Waals surface area contributed by atoms with Crippen LogP contribution in [0.2, 0.25) is 0 Å². The molecule has 5 saturated carbocycles. The van der Waals surface area contributed by atoms with E-state index in [1.165, 1.54) is 32.1 Å². The van der Waals surface area contributed by atoms with Crippen LogP contribution in [0.4, 0.5) is 0 Å². The lowest BCUT2D eigenvalue weighted by Crippen LogP contribution is -2.62. The van der Waals surface area contributed by atoms with Gasteiger partial charge >= 0.3 is 0 Å². The maximum Gasteiger partial charge on any atom is 0.217 e. The number of fused-ring (bicyclic) bond motifs is 2. The summed E-state index contributed by atoms with van der Waals surface area (Å²) >= 11 is 0. The third-order valence-corrected chi connectivity index (χ3v) is 13.0. The molecule has 33 heavy (non-hydrogen) atoms. The zero-order valence-electron chi connectivity index (χ0n) is 22.1. The van der Waals surface area contributed by atoms with Gasteiger partial charge < -0.3 is 20.4 Å². The molecule has 0 aromatic rings. The van der Waals surface area contributed by atoms with Gasteiger partial charge in [0.05, 0.1) is 12.7 Å². The Labute approximate surface area is 201 Å². The first kappa shape index (κ1) is 24.1. The van der Waals surface area contributed by atoms with E-state index in [1.807, 2.05) is 0 Å². The van der Waals surface area contributed by atoms with Crippen LogP contribution in [0, 0.1) is 44.8 Å². The van der Waals surface area contributed by atoms with Crippen LogP contribution in [0.3, 0.4) is 0 Å². The van der Waals surface area contributed by atoms with Gasteiger partial charge in [0.25, 0.3) is 0 Å². The molecule has 3 N–H and O–H groups in total. The van der Waals surface area contributed by atoms with E-state index in [2.05, 4.69) is 52.0 Å². The van der Waals surface area contributed by atoms with Crippen molar-refractivity contribution in [3.05, 3.63) is 0 Å². The van der Waals surface area contributed by atoms with Crippen LogP contribution in [-0.2, 0) is 4.79 Å². The summed E-state index contributed by atoms with van der Waals surface area (Å²) in [5.74, 6) is 1.49. The first-order valence-electron chi connectivity index (χ1n) is 13.6. The zero-order valence-corrected chi connectivity index (χ0v) is 22.1. The molecular formula is C28H48N2O3. The second-order valence-electron chi connectivity index (χ2n) is 14.0. The standard InChI is InChI=1S/C28H48N2O3/c1-17(30(6)7)23-19(33)14-26(5)21-9-8-20-24(3,16-31)22(29-18(2)32)10-11-27(20)15-28(21,27)13-12-25(23,26)4/h17,19-23,31,33H,8-16H2,1-7H3,(H,29,32)/t17-,19+,20?,21?,22-,23-,24-,25+,26-,27+,28-/m0/s1. The number of nitrogens with one attached hydrogen (secondary N) is 1. The normalized spacial score (nSPS) is 55.8.